The van der Waals surface area contributed by atoms with Crippen LogP contribution in [-0.2, 0) is 16.4 Å². The summed E-state index contributed by atoms with van der Waals surface area (Å²) in [6.45, 7) is 3.08. The van der Waals surface area contributed by atoms with Crippen molar-refractivity contribution in [2.75, 3.05) is 38.7 Å². The third-order valence-electron chi connectivity index (χ3n) is 2.66. The van der Waals surface area contributed by atoms with Crippen LogP contribution in [0.1, 0.15) is 5.56 Å². The summed E-state index contributed by atoms with van der Waals surface area (Å²) in [5.41, 5.74) is 1.26. The predicted molar refractivity (Wildman–Crippen MR) is 83.1 cm³/mol. The number of likely N-dealkylation sites (N-methyl/N-ethyl adjacent to an activating group) is 1. The number of hydrogen-bond donors (Lipinski definition) is 1. The molecule has 108 valence electrons. The average molecular weight is 349 g/mol. The summed E-state index contributed by atoms with van der Waals surface area (Å²) in [5, 5.41) is 3.14. The van der Waals surface area contributed by atoms with Crippen molar-refractivity contribution in [3.63, 3.8) is 0 Å². The Morgan fingerprint density at radius 3 is 2.68 bits per heavy atom. The number of benzene rings is 1. The van der Waals surface area contributed by atoms with E-state index in [0.29, 0.717) is 6.54 Å². The molecule has 0 fully saturated rings. The minimum atomic E-state index is -2.86. The molecule has 1 aromatic carbocycles. The number of sulfone groups is 1. The summed E-state index contributed by atoms with van der Waals surface area (Å²) in [4.78, 5) is 2.20. The van der Waals surface area contributed by atoms with Crippen molar-refractivity contribution in [2.45, 2.75) is 6.54 Å². The van der Waals surface area contributed by atoms with Crippen molar-refractivity contribution in [3.05, 3.63) is 34.3 Å². The van der Waals surface area contributed by atoms with Gasteiger partial charge in [-0.2, -0.15) is 0 Å². The molecule has 0 atom stereocenters. The molecular formula is C13H21BrN2O2S. The highest BCUT2D eigenvalue weighted by atomic mass is 79.9. The molecule has 0 aromatic heterocycles. The molecule has 0 saturated heterocycles. The molecule has 19 heavy (non-hydrogen) atoms. The molecule has 0 spiro atoms. The lowest BCUT2D eigenvalue weighted by molar-refractivity contribution is 0.325. The van der Waals surface area contributed by atoms with Gasteiger partial charge in [-0.05, 0) is 24.7 Å². The molecule has 1 rings (SSSR count). The molecule has 0 aliphatic carbocycles. The van der Waals surface area contributed by atoms with E-state index in [0.717, 1.165) is 24.1 Å². The maximum absolute atomic E-state index is 10.9. The van der Waals surface area contributed by atoms with E-state index in [1.54, 1.807) is 0 Å². The Balaban J connectivity index is 2.20. The topological polar surface area (TPSA) is 49.4 Å². The van der Waals surface area contributed by atoms with Crippen molar-refractivity contribution in [3.8, 4) is 0 Å². The van der Waals surface area contributed by atoms with Crippen molar-refractivity contribution in [2.24, 2.45) is 0 Å². The largest absolute Gasteiger partial charge is 0.314 e. The van der Waals surface area contributed by atoms with E-state index in [1.807, 2.05) is 12.1 Å². The molecule has 0 heterocycles. The summed E-state index contributed by atoms with van der Waals surface area (Å²) >= 11 is 3.46. The third kappa shape index (κ3) is 8.36. The van der Waals surface area contributed by atoms with E-state index in [1.165, 1.54) is 11.8 Å². The third-order valence-corrected chi connectivity index (χ3v) is 4.10. The van der Waals surface area contributed by atoms with Crippen LogP contribution in [0.5, 0.6) is 0 Å². The molecule has 4 nitrogen and oxygen atoms in total. The van der Waals surface area contributed by atoms with E-state index in [4.69, 9.17) is 0 Å². The summed E-state index contributed by atoms with van der Waals surface area (Å²) < 4.78 is 23.0. The zero-order chi connectivity index (χ0) is 14.3. The SMILES string of the molecule is CN(CCNCCS(C)(=O)=O)Cc1cccc(Br)c1. The van der Waals surface area contributed by atoms with Gasteiger partial charge in [0.1, 0.15) is 9.84 Å². The van der Waals surface area contributed by atoms with Gasteiger partial charge in [0, 0.05) is 36.9 Å². The van der Waals surface area contributed by atoms with Gasteiger partial charge in [0.2, 0.25) is 0 Å². The van der Waals surface area contributed by atoms with Gasteiger partial charge in [-0.1, -0.05) is 28.1 Å². The predicted octanol–water partition coefficient (Wildman–Crippen LogP) is 1.52. The van der Waals surface area contributed by atoms with Crippen LogP contribution in [0.4, 0.5) is 0 Å². The molecule has 1 N–H and O–H groups in total. The minimum Gasteiger partial charge on any atom is -0.314 e. The first-order valence-corrected chi connectivity index (χ1v) is 9.03. The fraction of sp³-hybridized carbons (Fsp3) is 0.538. The minimum absolute atomic E-state index is 0.197. The van der Waals surface area contributed by atoms with Gasteiger partial charge >= 0.3 is 0 Å². The van der Waals surface area contributed by atoms with Gasteiger partial charge in [-0.15, -0.1) is 0 Å². The quantitative estimate of drug-likeness (QED) is 0.723. The van der Waals surface area contributed by atoms with Crippen LogP contribution >= 0.6 is 15.9 Å². The number of hydrogen-bond acceptors (Lipinski definition) is 4. The van der Waals surface area contributed by atoms with Gasteiger partial charge in [-0.25, -0.2) is 8.42 Å². The second-order valence-corrected chi connectivity index (χ2v) is 7.92. The second-order valence-electron chi connectivity index (χ2n) is 4.75. The normalized spacial score (nSPS) is 12.0. The lowest BCUT2D eigenvalue weighted by atomic mass is 10.2. The Labute approximate surface area is 124 Å². The number of halogens is 1. The molecule has 0 amide bonds. The Hall–Kier alpha value is -0.430. The number of nitrogens with zero attached hydrogens (tertiary/aromatic N) is 1. The first-order valence-electron chi connectivity index (χ1n) is 6.18. The Morgan fingerprint density at radius 2 is 2.05 bits per heavy atom. The Bertz CT molecular complexity index is 491. The van der Waals surface area contributed by atoms with Crippen molar-refractivity contribution < 1.29 is 8.42 Å². The van der Waals surface area contributed by atoms with E-state index >= 15 is 0 Å². The van der Waals surface area contributed by atoms with Gasteiger partial charge in [0.15, 0.2) is 0 Å². The van der Waals surface area contributed by atoms with E-state index in [9.17, 15) is 8.42 Å². The van der Waals surface area contributed by atoms with Crippen LogP contribution in [0.15, 0.2) is 28.7 Å². The van der Waals surface area contributed by atoms with Crippen LogP contribution in [0.25, 0.3) is 0 Å². The van der Waals surface area contributed by atoms with Crippen LogP contribution in [0.2, 0.25) is 0 Å². The standard InChI is InChI=1S/C13H21BrN2O2S/c1-16(8-6-15-7-9-19(2,17)18)11-12-4-3-5-13(14)10-12/h3-5,10,15H,6-9,11H2,1-2H3. The smallest absolute Gasteiger partial charge is 0.148 e. The van der Waals surface area contributed by atoms with Crippen molar-refractivity contribution >= 4 is 25.8 Å². The van der Waals surface area contributed by atoms with Crippen molar-refractivity contribution in [1.29, 1.82) is 0 Å². The highest BCUT2D eigenvalue weighted by Crippen LogP contribution is 2.12. The molecule has 0 bridgehead atoms. The molecule has 0 saturated carbocycles. The Morgan fingerprint density at radius 1 is 1.32 bits per heavy atom. The molecule has 0 aliphatic heterocycles. The zero-order valence-electron chi connectivity index (χ0n) is 11.4. The fourth-order valence-corrected chi connectivity index (χ4v) is 2.64. The Kier molecular flexibility index (Phi) is 6.99. The van der Waals surface area contributed by atoms with E-state index < -0.39 is 9.84 Å². The molecule has 0 radical (unpaired) electrons. The van der Waals surface area contributed by atoms with Gasteiger partial charge in [0.05, 0.1) is 5.75 Å². The zero-order valence-corrected chi connectivity index (χ0v) is 13.8. The summed E-state index contributed by atoms with van der Waals surface area (Å²) in [5.74, 6) is 0.197. The maximum atomic E-state index is 10.9. The van der Waals surface area contributed by atoms with Gasteiger partial charge in [-0.3, -0.25) is 0 Å². The van der Waals surface area contributed by atoms with Crippen LogP contribution in [0, 0.1) is 0 Å². The first-order chi connectivity index (χ1) is 8.87. The molecule has 0 aliphatic rings. The lowest BCUT2D eigenvalue weighted by Gasteiger charge is -2.17. The number of nitrogens with one attached hydrogen (secondary N) is 1. The van der Waals surface area contributed by atoms with E-state index in [-0.39, 0.29) is 5.75 Å². The summed E-state index contributed by atoms with van der Waals surface area (Å²) in [7, 11) is -0.805. The molecule has 1 aromatic rings. The highest BCUT2D eigenvalue weighted by molar-refractivity contribution is 9.10. The van der Waals surface area contributed by atoms with Gasteiger partial charge < -0.3 is 10.2 Å². The molecule has 0 unspecified atom stereocenters. The lowest BCUT2D eigenvalue weighted by Crippen LogP contribution is -2.31. The van der Waals surface area contributed by atoms with Crippen molar-refractivity contribution in [1.82, 2.24) is 10.2 Å². The monoisotopic (exact) mass is 348 g/mol. The second kappa shape index (κ2) is 7.99. The first kappa shape index (κ1) is 16.6. The fourth-order valence-electron chi connectivity index (χ4n) is 1.68. The summed E-state index contributed by atoms with van der Waals surface area (Å²) in [6.07, 6.45) is 1.26. The van der Waals surface area contributed by atoms with Crippen LogP contribution in [-0.4, -0.2) is 52.0 Å². The van der Waals surface area contributed by atoms with Crippen LogP contribution in [0.3, 0.4) is 0 Å². The van der Waals surface area contributed by atoms with Gasteiger partial charge in [0.25, 0.3) is 0 Å². The average Bonchev–Trinajstić information content (AvgIpc) is 2.26. The maximum Gasteiger partial charge on any atom is 0.148 e. The molecule has 6 heteroatoms. The number of rotatable bonds is 8. The van der Waals surface area contributed by atoms with Crippen LogP contribution < -0.4 is 5.32 Å². The molecular weight excluding hydrogens is 328 g/mol. The summed E-state index contributed by atoms with van der Waals surface area (Å²) in [6, 6.07) is 8.24. The highest BCUT2D eigenvalue weighted by Gasteiger charge is 2.02. The van der Waals surface area contributed by atoms with E-state index in [2.05, 4.69) is 45.3 Å².